The normalized spacial score (nSPS) is 11.2. The minimum atomic E-state index is -0.968. The molecule has 148 valence electrons. The number of esters is 1. The van der Waals surface area contributed by atoms with Gasteiger partial charge in [0.1, 0.15) is 12.6 Å². The molecule has 0 aliphatic rings. The molecule has 2 rings (SSSR count). The van der Waals surface area contributed by atoms with Crippen molar-refractivity contribution < 1.29 is 23.9 Å². The summed E-state index contributed by atoms with van der Waals surface area (Å²) in [6, 6.07) is 17.2. The lowest BCUT2D eigenvalue weighted by atomic mass is 10.1. The maximum atomic E-state index is 12.1. The molecule has 7 nitrogen and oxygen atoms in total. The smallest absolute Gasteiger partial charge is 0.408 e. The number of hydrogen-bond donors (Lipinski definition) is 2. The van der Waals surface area contributed by atoms with Crippen LogP contribution < -0.4 is 10.6 Å². The van der Waals surface area contributed by atoms with Crippen molar-refractivity contribution >= 4 is 23.7 Å². The van der Waals surface area contributed by atoms with Crippen LogP contribution in [0, 0.1) is 0 Å². The van der Waals surface area contributed by atoms with E-state index in [0.717, 1.165) is 5.56 Å². The summed E-state index contributed by atoms with van der Waals surface area (Å²) >= 11 is 0. The van der Waals surface area contributed by atoms with Gasteiger partial charge in [0.25, 0.3) is 0 Å². The van der Waals surface area contributed by atoms with Gasteiger partial charge in [0.2, 0.25) is 5.91 Å². The summed E-state index contributed by atoms with van der Waals surface area (Å²) < 4.78 is 10.1. The molecule has 0 fully saturated rings. The molecule has 0 spiro atoms. The molecule has 2 aromatic carbocycles. The molecule has 7 heteroatoms. The molecule has 1 atom stereocenters. The Labute approximate surface area is 164 Å². The van der Waals surface area contributed by atoms with Crippen LogP contribution >= 0.6 is 0 Å². The second kappa shape index (κ2) is 11.4. The van der Waals surface area contributed by atoms with E-state index in [1.807, 2.05) is 36.4 Å². The third-order valence-electron chi connectivity index (χ3n) is 3.79. The highest BCUT2D eigenvalue weighted by Gasteiger charge is 2.23. The van der Waals surface area contributed by atoms with Crippen LogP contribution in [0.15, 0.2) is 60.7 Å². The molecule has 0 heterocycles. The molecule has 2 aromatic rings. The van der Waals surface area contributed by atoms with Gasteiger partial charge < -0.3 is 20.1 Å². The van der Waals surface area contributed by atoms with Crippen LogP contribution in [-0.2, 0) is 25.7 Å². The fourth-order valence-corrected chi connectivity index (χ4v) is 2.42. The number of benzene rings is 2. The molecular weight excluding hydrogens is 360 g/mol. The Bertz CT molecular complexity index is 765. The van der Waals surface area contributed by atoms with Crippen molar-refractivity contribution in [1.29, 1.82) is 0 Å². The number of amides is 2. The van der Waals surface area contributed by atoms with E-state index in [2.05, 4.69) is 10.6 Å². The van der Waals surface area contributed by atoms with Gasteiger partial charge in [-0.25, -0.2) is 9.59 Å². The highest BCUT2D eigenvalue weighted by molar-refractivity contribution is 5.91. The minimum absolute atomic E-state index is 0.0390. The van der Waals surface area contributed by atoms with Crippen LogP contribution in [-0.4, -0.2) is 30.6 Å². The zero-order valence-electron chi connectivity index (χ0n) is 15.7. The second-order valence-electron chi connectivity index (χ2n) is 5.96. The third kappa shape index (κ3) is 7.49. The van der Waals surface area contributed by atoms with E-state index >= 15 is 0 Å². The van der Waals surface area contributed by atoms with E-state index < -0.39 is 18.1 Å². The maximum absolute atomic E-state index is 12.1. The molecule has 0 saturated carbocycles. The van der Waals surface area contributed by atoms with Gasteiger partial charge in [0.05, 0.1) is 6.61 Å². The third-order valence-corrected chi connectivity index (χ3v) is 3.79. The Hall–Kier alpha value is -3.35. The summed E-state index contributed by atoms with van der Waals surface area (Å²) in [7, 11) is 0. The SMILES string of the molecule is CCOC(=O)[C@@H](CCC(=O)Nc1ccccc1)NC(=O)OCc1ccccc1. The van der Waals surface area contributed by atoms with Gasteiger partial charge in [-0.15, -0.1) is 0 Å². The summed E-state index contributed by atoms with van der Waals surface area (Å²) in [4.78, 5) is 36.2. The van der Waals surface area contributed by atoms with E-state index in [0.29, 0.717) is 5.69 Å². The molecule has 0 aromatic heterocycles. The Balaban J connectivity index is 1.85. The number of alkyl carbamates (subject to hydrolysis) is 1. The van der Waals surface area contributed by atoms with E-state index in [1.54, 1.807) is 31.2 Å². The largest absolute Gasteiger partial charge is 0.464 e. The standard InChI is InChI=1S/C21H24N2O5/c1-2-27-20(25)18(13-14-19(24)22-17-11-7-4-8-12-17)23-21(26)28-15-16-9-5-3-6-10-16/h3-12,18H,2,13-15H2,1H3,(H,22,24)(H,23,26)/t18-/m1/s1. The molecule has 0 bridgehead atoms. The quantitative estimate of drug-likeness (QED) is 0.647. The van der Waals surface area contributed by atoms with Crippen molar-refractivity contribution in [2.75, 3.05) is 11.9 Å². The fraction of sp³-hybridized carbons (Fsp3) is 0.286. The van der Waals surface area contributed by atoms with Gasteiger partial charge in [-0.2, -0.15) is 0 Å². The first-order valence-electron chi connectivity index (χ1n) is 9.07. The van der Waals surface area contributed by atoms with Crippen LogP contribution in [0.25, 0.3) is 0 Å². The number of anilines is 1. The predicted octanol–water partition coefficient (Wildman–Crippen LogP) is 3.26. The molecule has 0 radical (unpaired) electrons. The Morgan fingerprint density at radius 3 is 2.21 bits per heavy atom. The van der Waals surface area contributed by atoms with Crippen LogP contribution in [0.4, 0.5) is 10.5 Å². The zero-order chi connectivity index (χ0) is 20.2. The maximum Gasteiger partial charge on any atom is 0.408 e. The average molecular weight is 384 g/mol. The number of rotatable bonds is 9. The monoisotopic (exact) mass is 384 g/mol. The summed E-state index contributed by atoms with van der Waals surface area (Å²) in [5.41, 5.74) is 1.49. The lowest BCUT2D eigenvalue weighted by Crippen LogP contribution is -2.42. The topological polar surface area (TPSA) is 93.7 Å². The van der Waals surface area contributed by atoms with E-state index in [1.165, 1.54) is 0 Å². The van der Waals surface area contributed by atoms with Crippen molar-refractivity contribution in [3.8, 4) is 0 Å². The van der Waals surface area contributed by atoms with E-state index in [4.69, 9.17) is 9.47 Å². The number of para-hydroxylation sites is 1. The zero-order valence-corrected chi connectivity index (χ0v) is 15.7. The van der Waals surface area contributed by atoms with Crippen molar-refractivity contribution in [3.63, 3.8) is 0 Å². The van der Waals surface area contributed by atoms with Crippen LogP contribution in [0.3, 0.4) is 0 Å². The second-order valence-corrected chi connectivity index (χ2v) is 5.96. The van der Waals surface area contributed by atoms with Crippen molar-refractivity contribution in [3.05, 3.63) is 66.2 Å². The van der Waals surface area contributed by atoms with Gasteiger partial charge in [-0.05, 0) is 31.0 Å². The van der Waals surface area contributed by atoms with E-state index in [-0.39, 0.29) is 32.0 Å². The van der Waals surface area contributed by atoms with Gasteiger partial charge in [-0.1, -0.05) is 48.5 Å². The molecule has 0 saturated heterocycles. The first kappa shape index (κ1) is 21.0. The van der Waals surface area contributed by atoms with Crippen LogP contribution in [0.5, 0.6) is 0 Å². The Morgan fingerprint density at radius 2 is 1.57 bits per heavy atom. The highest BCUT2D eigenvalue weighted by atomic mass is 16.6. The molecule has 0 aliphatic carbocycles. The fourth-order valence-electron chi connectivity index (χ4n) is 2.42. The van der Waals surface area contributed by atoms with Gasteiger partial charge >= 0.3 is 12.1 Å². The minimum Gasteiger partial charge on any atom is -0.464 e. The van der Waals surface area contributed by atoms with Gasteiger partial charge in [0.15, 0.2) is 0 Å². The van der Waals surface area contributed by atoms with Gasteiger partial charge in [0, 0.05) is 12.1 Å². The first-order chi connectivity index (χ1) is 13.6. The highest BCUT2D eigenvalue weighted by Crippen LogP contribution is 2.08. The molecule has 0 aliphatic heterocycles. The van der Waals surface area contributed by atoms with Crippen molar-refractivity contribution in [1.82, 2.24) is 5.32 Å². The van der Waals surface area contributed by atoms with Crippen LogP contribution in [0.2, 0.25) is 0 Å². The number of ether oxygens (including phenoxy) is 2. The summed E-state index contributed by atoms with van der Waals surface area (Å²) in [5, 5.41) is 5.21. The molecule has 28 heavy (non-hydrogen) atoms. The predicted molar refractivity (Wildman–Crippen MR) is 104 cm³/mol. The molecule has 0 unspecified atom stereocenters. The first-order valence-corrected chi connectivity index (χ1v) is 9.07. The number of nitrogens with one attached hydrogen (secondary N) is 2. The summed E-state index contributed by atoms with van der Waals surface area (Å²) in [6.45, 7) is 1.92. The lowest BCUT2D eigenvalue weighted by Gasteiger charge is -2.17. The lowest BCUT2D eigenvalue weighted by molar-refractivity contribution is -0.145. The Kier molecular flexibility index (Phi) is 8.52. The number of carbonyl (C=O) groups excluding carboxylic acids is 3. The van der Waals surface area contributed by atoms with Gasteiger partial charge in [-0.3, -0.25) is 4.79 Å². The number of hydrogen-bond acceptors (Lipinski definition) is 5. The number of carbonyl (C=O) groups is 3. The van der Waals surface area contributed by atoms with Crippen molar-refractivity contribution in [2.45, 2.75) is 32.4 Å². The Morgan fingerprint density at radius 1 is 0.929 bits per heavy atom. The van der Waals surface area contributed by atoms with E-state index in [9.17, 15) is 14.4 Å². The molecule has 2 N–H and O–H groups in total. The summed E-state index contributed by atoms with van der Waals surface area (Å²) in [6.07, 6.45) is -0.611. The van der Waals surface area contributed by atoms with Crippen LogP contribution in [0.1, 0.15) is 25.3 Å². The molecule has 2 amide bonds. The molecular formula is C21H24N2O5. The van der Waals surface area contributed by atoms with Crippen molar-refractivity contribution in [2.24, 2.45) is 0 Å². The summed E-state index contributed by atoms with van der Waals surface area (Å²) in [5.74, 6) is -0.869. The average Bonchev–Trinajstić information content (AvgIpc) is 2.71.